The van der Waals surface area contributed by atoms with Crippen LogP contribution in [0.2, 0.25) is 0 Å². The van der Waals surface area contributed by atoms with Gasteiger partial charge in [0.05, 0.1) is 16.1 Å². The van der Waals surface area contributed by atoms with Crippen LogP contribution in [0.1, 0.15) is 31.5 Å². The number of nitrogens with zero attached hydrogens (tertiary/aromatic N) is 1. The van der Waals surface area contributed by atoms with Gasteiger partial charge in [-0.15, -0.1) is 11.3 Å². The molecule has 128 valence electrons. The Balaban J connectivity index is 1.59. The van der Waals surface area contributed by atoms with Crippen LogP contribution in [-0.4, -0.2) is 23.3 Å². The topological polar surface area (TPSA) is 98.2 Å². The van der Waals surface area contributed by atoms with Gasteiger partial charge in [-0.1, -0.05) is 18.2 Å². The molecule has 3 aromatic rings. The Kier molecular flexibility index (Phi) is 4.95. The number of benzene rings is 1. The Labute approximate surface area is 148 Å². The van der Waals surface area contributed by atoms with Crippen LogP contribution < -0.4 is 11.1 Å². The van der Waals surface area contributed by atoms with Crippen LogP contribution in [0, 0.1) is 6.92 Å². The molecule has 0 saturated heterocycles. The molecule has 7 heteroatoms. The van der Waals surface area contributed by atoms with Crippen molar-refractivity contribution in [2.75, 3.05) is 6.54 Å². The number of carbonyl (C=O) groups excluding carboxylic acids is 2. The summed E-state index contributed by atoms with van der Waals surface area (Å²) in [6.07, 6.45) is 0.557. The third-order valence-electron chi connectivity index (χ3n) is 3.67. The maximum absolute atomic E-state index is 12.1. The van der Waals surface area contributed by atoms with E-state index < -0.39 is 5.91 Å². The fraction of sp³-hybridized carbons (Fsp3) is 0.167. The molecule has 2 aromatic heterocycles. The zero-order valence-electron chi connectivity index (χ0n) is 13.6. The highest BCUT2D eigenvalue weighted by atomic mass is 32.1. The van der Waals surface area contributed by atoms with E-state index in [-0.39, 0.29) is 5.91 Å². The van der Waals surface area contributed by atoms with Gasteiger partial charge in [0, 0.05) is 23.9 Å². The van der Waals surface area contributed by atoms with E-state index in [4.69, 9.17) is 10.2 Å². The first-order chi connectivity index (χ1) is 12.0. The van der Waals surface area contributed by atoms with E-state index in [1.807, 2.05) is 37.3 Å². The molecule has 1 aromatic carbocycles. The molecule has 0 unspecified atom stereocenters. The Hall–Kier alpha value is -2.93. The van der Waals surface area contributed by atoms with Gasteiger partial charge in [-0.05, 0) is 25.1 Å². The first-order valence-electron chi connectivity index (χ1n) is 7.73. The van der Waals surface area contributed by atoms with Crippen LogP contribution in [0.5, 0.6) is 0 Å². The van der Waals surface area contributed by atoms with E-state index in [2.05, 4.69) is 10.3 Å². The van der Waals surface area contributed by atoms with Crippen molar-refractivity contribution >= 4 is 23.2 Å². The van der Waals surface area contributed by atoms with Gasteiger partial charge in [-0.25, -0.2) is 4.98 Å². The Morgan fingerprint density at radius 3 is 2.72 bits per heavy atom. The van der Waals surface area contributed by atoms with Gasteiger partial charge in [-0.2, -0.15) is 0 Å². The molecule has 0 saturated carbocycles. The number of hydrogen-bond donors (Lipinski definition) is 2. The second kappa shape index (κ2) is 7.31. The SMILES string of the molecule is Cc1oc(-c2ccccc2)nc1CCNC(=O)c1cc(C(N)=O)cs1. The third-order valence-corrected chi connectivity index (χ3v) is 4.60. The highest BCUT2D eigenvalue weighted by molar-refractivity contribution is 7.12. The minimum atomic E-state index is -0.540. The number of aromatic nitrogens is 1. The number of primary amides is 1. The number of oxazole rings is 1. The van der Waals surface area contributed by atoms with Gasteiger partial charge >= 0.3 is 0 Å². The second-order valence-electron chi connectivity index (χ2n) is 5.46. The summed E-state index contributed by atoms with van der Waals surface area (Å²) in [5.41, 5.74) is 7.25. The van der Waals surface area contributed by atoms with E-state index in [1.54, 1.807) is 5.38 Å². The van der Waals surface area contributed by atoms with Gasteiger partial charge < -0.3 is 15.5 Å². The standard InChI is InChI=1S/C18H17N3O3S/c1-11-14(21-18(24-11)12-5-3-2-4-6-12)7-8-20-17(23)15-9-13(10-25-15)16(19)22/h2-6,9-10H,7-8H2,1H3,(H2,19,22)(H,20,23). The van der Waals surface area contributed by atoms with Gasteiger partial charge in [0.1, 0.15) is 5.76 Å². The molecule has 3 rings (SSSR count). The zero-order chi connectivity index (χ0) is 17.8. The highest BCUT2D eigenvalue weighted by Gasteiger charge is 2.13. The minimum Gasteiger partial charge on any atom is -0.441 e. The minimum absolute atomic E-state index is 0.234. The normalized spacial score (nSPS) is 10.6. The van der Waals surface area contributed by atoms with Crippen molar-refractivity contribution in [3.8, 4) is 11.5 Å². The first kappa shape index (κ1) is 16.9. The van der Waals surface area contributed by atoms with E-state index >= 15 is 0 Å². The summed E-state index contributed by atoms with van der Waals surface area (Å²) in [4.78, 5) is 28.1. The average Bonchev–Trinajstić information content (AvgIpc) is 3.23. The largest absolute Gasteiger partial charge is 0.441 e. The average molecular weight is 355 g/mol. The molecule has 25 heavy (non-hydrogen) atoms. The van der Waals surface area contributed by atoms with Crippen LogP contribution in [0.25, 0.3) is 11.5 Å². The lowest BCUT2D eigenvalue weighted by Crippen LogP contribution is -2.25. The lowest BCUT2D eigenvalue weighted by atomic mass is 10.2. The summed E-state index contributed by atoms with van der Waals surface area (Å²) in [7, 11) is 0. The Morgan fingerprint density at radius 1 is 1.28 bits per heavy atom. The van der Waals surface area contributed by atoms with Crippen molar-refractivity contribution in [1.82, 2.24) is 10.3 Å². The van der Waals surface area contributed by atoms with Crippen LogP contribution in [0.4, 0.5) is 0 Å². The van der Waals surface area contributed by atoms with Crippen molar-refractivity contribution in [3.05, 3.63) is 63.7 Å². The number of carbonyl (C=O) groups is 2. The summed E-state index contributed by atoms with van der Waals surface area (Å²) in [5.74, 6) is 0.535. The number of amides is 2. The number of hydrogen-bond acceptors (Lipinski definition) is 5. The predicted octanol–water partition coefficient (Wildman–Crippen LogP) is 2.78. The summed E-state index contributed by atoms with van der Waals surface area (Å²) < 4.78 is 5.70. The maximum Gasteiger partial charge on any atom is 0.261 e. The molecule has 0 bridgehead atoms. The number of nitrogens with two attached hydrogens (primary N) is 1. The number of nitrogens with one attached hydrogen (secondary N) is 1. The molecule has 3 N–H and O–H groups in total. The van der Waals surface area contributed by atoms with Gasteiger partial charge in [0.2, 0.25) is 11.8 Å². The molecule has 0 radical (unpaired) electrons. The third kappa shape index (κ3) is 3.95. The number of aryl methyl sites for hydroxylation is 1. The maximum atomic E-state index is 12.1. The monoisotopic (exact) mass is 355 g/mol. The van der Waals surface area contributed by atoms with Gasteiger partial charge in [0.25, 0.3) is 5.91 Å². The lowest BCUT2D eigenvalue weighted by Gasteiger charge is -2.01. The van der Waals surface area contributed by atoms with Crippen molar-refractivity contribution in [2.24, 2.45) is 5.73 Å². The van der Waals surface area contributed by atoms with Crippen LogP contribution in [-0.2, 0) is 6.42 Å². The van der Waals surface area contributed by atoms with E-state index in [1.165, 1.54) is 17.4 Å². The molecule has 0 atom stereocenters. The van der Waals surface area contributed by atoms with E-state index in [0.29, 0.717) is 29.3 Å². The molecule has 0 aliphatic rings. The molecule has 0 fully saturated rings. The quantitative estimate of drug-likeness (QED) is 0.710. The van der Waals surface area contributed by atoms with Gasteiger partial charge in [0.15, 0.2) is 0 Å². The summed E-state index contributed by atoms with van der Waals surface area (Å²) in [5, 5.41) is 4.39. The van der Waals surface area contributed by atoms with Crippen molar-refractivity contribution in [2.45, 2.75) is 13.3 Å². The smallest absolute Gasteiger partial charge is 0.261 e. The van der Waals surface area contributed by atoms with Crippen molar-refractivity contribution < 1.29 is 14.0 Å². The molecule has 2 heterocycles. The second-order valence-corrected chi connectivity index (χ2v) is 6.37. The van der Waals surface area contributed by atoms with Crippen molar-refractivity contribution in [1.29, 1.82) is 0 Å². The van der Waals surface area contributed by atoms with Crippen LogP contribution in [0.3, 0.4) is 0 Å². The summed E-state index contributed by atoms with van der Waals surface area (Å²) in [6.45, 7) is 2.28. The summed E-state index contributed by atoms with van der Waals surface area (Å²) >= 11 is 1.19. The fourth-order valence-corrected chi connectivity index (χ4v) is 3.14. The number of thiophene rings is 1. The molecule has 0 spiro atoms. The Bertz CT molecular complexity index is 899. The van der Waals surface area contributed by atoms with Gasteiger partial charge in [-0.3, -0.25) is 9.59 Å². The van der Waals surface area contributed by atoms with Crippen molar-refractivity contribution in [3.63, 3.8) is 0 Å². The molecule has 2 amide bonds. The first-order valence-corrected chi connectivity index (χ1v) is 8.61. The van der Waals surface area contributed by atoms with Crippen LogP contribution >= 0.6 is 11.3 Å². The molecular weight excluding hydrogens is 338 g/mol. The van der Waals surface area contributed by atoms with E-state index in [9.17, 15) is 9.59 Å². The molecular formula is C18H17N3O3S. The molecule has 0 aliphatic carbocycles. The summed E-state index contributed by atoms with van der Waals surface area (Å²) in [6, 6.07) is 11.2. The molecule has 0 aliphatic heterocycles. The molecule has 6 nitrogen and oxygen atoms in total. The predicted molar refractivity (Wildman–Crippen MR) is 95.6 cm³/mol. The Morgan fingerprint density at radius 2 is 2.04 bits per heavy atom. The highest BCUT2D eigenvalue weighted by Crippen LogP contribution is 2.21. The number of rotatable bonds is 6. The fourth-order valence-electron chi connectivity index (χ4n) is 2.33. The zero-order valence-corrected chi connectivity index (χ0v) is 14.4. The van der Waals surface area contributed by atoms with Crippen LogP contribution in [0.15, 0.2) is 46.2 Å². The lowest BCUT2D eigenvalue weighted by molar-refractivity contribution is 0.0958. The van der Waals surface area contributed by atoms with E-state index in [0.717, 1.165) is 17.0 Å².